The second-order valence-electron chi connectivity index (χ2n) is 8.80. The molecule has 3 amide bonds. The van der Waals surface area contributed by atoms with Crippen molar-refractivity contribution in [2.75, 3.05) is 50.0 Å². The van der Waals surface area contributed by atoms with Crippen LogP contribution in [0.2, 0.25) is 0 Å². The van der Waals surface area contributed by atoms with Crippen LogP contribution in [0, 0.1) is 6.92 Å². The summed E-state index contributed by atoms with van der Waals surface area (Å²) in [4.78, 5) is 38.3. The minimum absolute atomic E-state index is 0.0423. The Bertz CT molecular complexity index is 1050. The first-order valence-corrected chi connectivity index (χ1v) is 12.2. The van der Waals surface area contributed by atoms with Crippen molar-refractivity contribution in [1.82, 2.24) is 20.1 Å². The number of hydrogen-bond acceptors (Lipinski definition) is 6. The molecule has 0 bridgehead atoms. The number of hydrogen-bond donors (Lipinski definition) is 2. The summed E-state index contributed by atoms with van der Waals surface area (Å²) in [5.41, 5.74) is 3.42. The molecule has 2 fully saturated rings. The minimum atomic E-state index is -0.158. The van der Waals surface area contributed by atoms with Gasteiger partial charge in [-0.1, -0.05) is 0 Å². The Kier molecular flexibility index (Phi) is 5.33. The lowest BCUT2D eigenvalue weighted by Crippen LogP contribution is -2.46. The van der Waals surface area contributed by atoms with Gasteiger partial charge in [0, 0.05) is 51.2 Å². The van der Waals surface area contributed by atoms with E-state index in [1.165, 1.54) is 9.75 Å². The number of anilines is 2. The molecule has 8 nitrogen and oxygen atoms in total. The highest BCUT2D eigenvalue weighted by molar-refractivity contribution is 7.12. The summed E-state index contributed by atoms with van der Waals surface area (Å²) in [5.74, 6) is -0.158. The molecule has 1 saturated carbocycles. The van der Waals surface area contributed by atoms with Crippen LogP contribution >= 0.6 is 11.3 Å². The summed E-state index contributed by atoms with van der Waals surface area (Å²) in [5, 5.41) is 5.73. The third-order valence-electron chi connectivity index (χ3n) is 6.86. The molecule has 9 heteroatoms. The van der Waals surface area contributed by atoms with E-state index in [1.54, 1.807) is 13.1 Å². The number of aromatic nitrogens is 1. The molecule has 1 spiro atoms. The third kappa shape index (κ3) is 3.53. The molecule has 170 valence electrons. The van der Waals surface area contributed by atoms with E-state index < -0.39 is 0 Å². The maximum atomic E-state index is 12.5. The van der Waals surface area contributed by atoms with Gasteiger partial charge in [0.05, 0.1) is 27.5 Å². The van der Waals surface area contributed by atoms with Crippen LogP contribution in [0.5, 0.6) is 0 Å². The highest BCUT2D eigenvalue weighted by Crippen LogP contribution is 2.58. The van der Waals surface area contributed by atoms with Crippen LogP contribution in [0.25, 0.3) is 0 Å². The van der Waals surface area contributed by atoms with Crippen molar-refractivity contribution in [2.45, 2.75) is 38.8 Å². The number of aryl methyl sites for hydroxylation is 1. The number of carbonyl (C=O) groups excluding carboxylic acids is 2. The molecule has 2 aromatic heterocycles. The lowest BCUT2D eigenvalue weighted by molar-refractivity contribution is 0.0958. The first kappa shape index (κ1) is 21.2. The van der Waals surface area contributed by atoms with Crippen LogP contribution in [0.1, 0.15) is 45.7 Å². The van der Waals surface area contributed by atoms with Crippen molar-refractivity contribution in [3.05, 3.63) is 39.3 Å². The van der Waals surface area contributed by atoms with Crippen molar-refractivity contribution in [3.8, 4) is 0 Å². The normalized spacial score (nSPS) is 19.7. The fourth-order valence-corrected chi connectivity index (χ4v) is 6.44. The van der Waals surface area contributed by atoms with E-state index in [9.17, 15) is 9.59 Å². The molecule has 1 aliphatic carbocycles. The van der Waals surface area contributed by atoms with Gasteiger partial charge >= 0.3 is 6.03 Å². The van der Waals surface area contributed by atoms with Crippen LogP contribution in [-0.4, -0.2) is 66.5 Å². The quantitative estimate of drug-likeness (QED) is 0.726. The number of rotatable bonds is 5. The SMILES string of the molecule is CCN1C(=O)Nc2cc(CN3CCN(c4ccc(C(=O)NC)nc4C)CC3)sc2C12CC2. The lowest BCUT2D eigenvalue weighted by Gasteiger charge is -2.36. The van der Waals surface area contributed by atoms with Gasteiger partial charge in [-0.05, 0) is 44.9 Å². The highest BCUT2D eigenvalue weighted by Gasteiger charge is 2.55. The molecule has 5 rings (SSSR count). The second kappa shape index (κ2) is 8.04. The van der Waals surface area contributed by atoms with E-state index in [0.717, 1.165) is 69.2 Å². The Morgan fingerprint density at radius 2 is 2.00 bits per heavy atom. The summed E-state index contributed by atoms with van der Waals surface area (Å²) in [7, 11) is 1.62. The van der Waals surface area contributed by atoms with Crippen LogP contribution in [-0.2, 0) is 12.1 Å². The van der Waals surface area contributed by atoms with Gasteiger partial charge < -0.3 is 20.4 Å². The maximum absolute atomic E-state index is 12.5. The van der Waals surface area contributed by atoms with Crippen molar-refractivity contribution in [2.24, 2.45) is 0 Å². The first-order chi connectivity index (χ1) is 15.4. The fourth-order valence-electron chi connectivity index (χ4n) is 5.03. The Morgan fingerprint density at radius 3 is 2.62 bits per heavy atom. The van der Waals surface area contributed by atoms with Gasteiger partial charge in [-0.3, -0.25) is 9.69 Å². The lowest BCUT2D eigenvalue weighted by atomic mass is 10.1. The topological polar surface area (TPSA) is 80.8 Å². The van der Waals surface area contributed by atoms with E-state index >= 15 is 0 Å². The van der Waals surface area contributed by atoms with Gasteiger partial charge in [-0.15, -0.1) is 11.3 Å². The minimum Gasteiger partial charge on any atom is -0.368 e. The van der Waals surface area contributed by atoms with E-state index in [2.05, 4.69) is 38.4 Å². The fraction of sp³-hybridized carbons (Fsp3) is 0.522. The number of pyridine rings is 1. The van der Waals surface area contributed by atoms with E-state index in [-0.39, 0.29) is 17.5 Å². The van der Waals surface area contributed by atoms with Crippen molar-refractivity contribution in [3.63, 3.8) is 0 Å². The van der Waals surface area contributed by atoms with Gasteiger partial charge in [-0.2, -0.15) is 0 Å². The molecule has 0 unspecified atom stereocenters. The van der Waals surface area contributed by atoms with E-state index in [1.807, 2.05) is 29.2 Å². The zero-order valence-corrected chi connectivity index (χ0v) is 19.7. The predicted molar refractivity (Wildman–Crippen MR) is 126 cm³/mol. The van der Waals surface area contributed by atoms with Crippen molar-refractivity contribution in [1.29, 1.82) is 0 Å². The Labute approximate surface area is 192 Å². The largest absolute Gasteiger partial charge is 0.368 e. The van der Waals surface area contributed by atoms with Crippen molar-refractivity contribution >= 4 is 34.6 Å². The molecule has 2 N–H and O–H groups in total. The first-order valence-electron chi connectivity index (χ1n) is 11.3. The predicted octanol–water partition coefficient (Wildman–Crippen LogP) is 2.99. The zero-order chi connectivity index (χ0) is 22.5. The molecule has 32 heavy (non-hydrogen) atoms. The number of thiophene rings is 1. The molecule has 2 aliphatic heterocycles. The number of piperazine rings is 1. The van der Waals surface area contributed by atoms with Gasteiger partial charge in [0.2, 0.25) is 0 Å². The van der Waals surface area contributed by atoms with Crippen LogP contribution < -0.4 is 15.5 Å². The summed E-state index contributed by atoms with van der Waals surface area (Å²) >= 11 is 1.87. The van der Waals surface area contributed by atoms with E-state index in [0.29, 0.717) is 5.69 Å². The maximum Gasteiger partial charge on any atom is 0.322 e. The molecule has 1 saturated heterocycles. The monoisotopic (exact) mass is 454 g/mol. The Balaban J connectivity index is 1.23. The van der Waals surface area contributed by atoms with Crippen molar-refractivity contribution < 1.29 is 9.59 Å². The smallest absolute Gasteiger partial charge is 0.322 e. The summed E-state index contributed by atoms with van der Waals surface area (Å²) < 4.78 is 0. The summed E-state index contributed by atoms with van der Waals surface area (Å²) in [6.45, 7) is 9.48. The molecular weight excluding hydrogens is 424 g/mol. The molecule has 3 aliphatic rings. The van der Waals surface area contributed by atoms with E-state index in [4.69, 9.17) is 0 Å². The molecule has 0 atom stereocenters. The van der Waals surface area contributed by atoms with Gasteiger partial charge in [0.1, 0.15) is 5.69 Å². The highest BCUT2D eigenvalue weighted by atomic mass is 32.1. The number of nitrogens with one attached hydrogen (secondary N) is 2. The Hall–Kier alpha value is -2.65. The summed E-state index contributed by atoms with van der Waals surface area (Å²) in [6, 6.07) is 6.03. The zero-order valence-electron chi connectivity index (χ0n) is 18.9. The molecule has 4 heterocycles. The van der Waals surface area contributed by atoms with Crippen LogP contribution in [0.3, 0.4) is 0 Å². The number of carbonyl (C=O) groups is 2. The molecule has 0 aromatic carbocycles. The van der Waals surface area contributed by atoms with Gasteiger partial charge in [0.15, 0.2) is 0 Å². The standard InChI is InChI=1S/C23H30N6O2S/c1-4-29-22(31)26-18-13-16(32-20(18)23(29)7-8-23)14-27-9-11-28(12-10-27)19-6-5-17(21(30)24-3)25-15(19)2/h5-6,13H,4,7-12,14H2,1-3H3,(H,24,30)(H,26,31). The number of urea groups is 1. The summed E-state index contributed by atoms with van der Waals surface area (Å²) in [6.07, 6.45) is 2.15. The number of amides is 3. The third-order valence-corrected chi connectivity index (χ3v) is 8.17. The van der Waals surface area contributed by atoms with Gasteiger partial charge in [0.25, 0.3) is 5.91 Å². The molecule has 0 radical (unpaired) electrons. The number of fused-ring (bicyclic) bond motifs is 2. The average Bonchev–Trinajstić information content (AvgIpc) is 3.46. The molecule has 2 aromatic rings. The second-order valence-corrected chi connectivity index (χ2v) is 9.94. The number of nitrogens with zero attached hydrogens (tertiary/aromatic N) is 4. The van der Waals surface area contributed by atoms with Gasteiger partial charge in [-0.25, -0.2) is 9.78 Å². The Morgan fingerprint density at radius 1 is 1.25 bits per heavy atom. The average molecular weight is 455 g/mol. The molecular formula is C23H30N6O2S. The van der Waals surface area contributed by atoms with Crippen LogP contribution in [0.15, 0.2) is 18.2 Å². The van der Waals surface area contributed by atoms with Crippen LogP contribution in [0.4, 0.5) is 16.2 Å².